The lowest BCUT2D eigenvalue weighted by atomic mass is 9.80. The monoisotopic (exact) mass is 895 g/mol. The molecule has 0 saturated carbocycles. The maximum atomic E-state index is 12.5. The van der Waals surface area contributed by atoms with E-state index < -0.39 is 33.3 Å². The van der Waals surface area contributed by atoms with Crippen molar-refractivity contribution in [1.29, 1.82) is 0 Å². The molecule has 15 heteroatoms. The van der Waals surface area contributed by atoms with Gasteiger partial charge in [-0.05, 0) is 82.9 Å². The number of hydrogen-bond donors (Lipinski definition) is 0. The number of carbonyl (C=O) groups is 3. The zero-order valence-corrected chi connectivity index (χ0v) is 38.3. The maximum absolute atomic E-state index is 12.5. The molecule has 2 amide bonds. The van der Waals surface area contributed by atoms with Crippen LogP contribution in [0.4, 0.5) is 11.4 Å². The summed E-state index contributed by atoms with van der Waals surface area (Å²) in [7, 11) is -3.10. The van der Waals surface area contributed by atoms with Gasteiger partial charge in [-0.3, -0.25) is 9.59 Å². The molecular formula is C49H57N3O11S. The number of nitrogens with zero attached hydrogens (tertiary/aromatic N) is 3. The number of anilines is 1. The highest BCUT2D eigenvalue weighted by molar-refractivity contribution is 7.85. The van der Waals surface area contributed by atoms with E-state index in [-0.39, 0.29) is 29.7 Å². The smallest absolute Gasteiger partial charge is 0.333 e. The minimum Gasteiger partial charge on any atom is -0.744 e. The molecule has 64 heavy (non-hydrogen) atoms. The molecule has 0 bridgehead atoms. The van der Waals surface area contributed by atoms with Crippen LogP contribution < -0.4 is 9.64 Å². The number of imide groups is 1. The molecule has 340 valence electrons. The number of fused-ring (bicyclic) bond motifs is 3. The van der Waals surface area contributed by atoms with E-state index in [9.17, 15) is 27.4 Å². The molecule has 0 atom stereocenters. The van der Waals surface area contributed by atoms with Gasteiger partial charge in [-0.15, -0.1) is 5.06 Å². The van der Waals surface area contributed by atoms with Crippen LogP contribution in [0.25, 0.3) is 16.9 Å². The third kappa shape index (κ3) is 10.1. The van der Waals surface area contributed by atoms with Gasteiger partial charge in [0.1, 0.15) is 28.2 Å². The first-order valence-corrected chi connectivity index (χ1v) is 23.2. The van der Waals surface area contributed by atoms with Gasteiger partial charge >= 0.3 is 5.97 Å². The van der Waals surface area contributed by atoms with Crippen LogP contribution in [0, 0.1) is 0 Å². The van der Waals surface area contributed by atoms with Gasteiger partial charge in [-0.25, -0.2) is 13.2 Å². The molecule has 4 heterocycles. The molecular weight excluding hydrogens is 839 g/mol. The van der Waals surface area contributed by atoms with E-state index in [2.05, 4.69) is 54.5 Å². The summed E-state index contributed by atoms with van der Waals surface area (Å²) < 4.78 is 62.5. The Labute approximate surface area is 375 Å². The van der Waals surface area contributed by atoms with Crippen molar-refractivity contribution in [1.82, 2.24) is 5.06 Å². The fourth-order valence-electron chi connectivity index (χ4n) is 8.85. The van der Waals surface area contributed by atoms with Crippen molar-refractivity contribution >= 4 is 61.9 Å². The fraction of sp³-hybridized carbons (Fsp3) is 0.429. The summed E-state index contributed by atoms with van der Waals surface area (Å²) in [4.78, 5) is 43.5. The number of hydrogen-bond acceptors (Lipinski definition) is 12. The van der Waals surface area contributed by atoms with Gasteiger partial charge in [0.05, 0.1) is 48.9 Å². The summed E-state index contributed by atoms with van der Waals surface area (Å²) in [5.41, 5.74) is 7.15. The molecule has 1 saturated heterocycles. The molecule has 4 aliphatic heterocycles. The Balaban J connectivity index is 1.24. The number of benzene rings is 3. The lowest BCUT2D eigenvalue weighted by Gasteiger charge is -2.44. The van der Waals surface area contributed by atoms with Gasteiger partial charge in [-0.1, -0.05) is 36.4 Å². The van der Waals surface area contributed by atoms with Crippen molar-refractivity contribution in [3.63, 3.8) is 0 Å². The first-order chi connectivity index (χ1) is 30.5. The second kappa shape index (κ2) is 19.3. The number of hydroxylamine groups is 2. The first kappa shape index (κ1) is 46.5. The fourth-order valence-corrected chi connectivity index (χ4v) is 9.35. The highest BCUT2D eigenvalue weighted by Crippen LogP contribution is 2.48. The van der Waals surface area contributed by atoms with Crippen molar-refractivity contribution in [2.45, 2.75) is 89.0 Å². The summed E-state index contributed by atoms with van der Waals surface area (Å²) in [6, 6.07) is 18.7. The second-order valence-electron chi connectivity index (χ2n) is 17.4. The second-order valence-corrected chi connectivity index (χ2v) is 18.8. The molecule has 0 radical (unpaired) electrons. The van der Waals surface area contributed by atoms with Gasteiger partial charge in [-0.2, -0.15) is 4.58 Å². The Kier molecular flexibility index (Phi) is 14.1. The topological polar surface area (TPSA) is 164 Å². The lowest BCUT2D eigenvalue weighted by Crippen LogP contribution is -2.47. The molecule has 1 fully saturated rings. The number of allylic oxidation sites excluding steroid dienone is 4. The van der Waals surface area contributed by atoms with Crippen molar-refractivity contribution < 1.29 is 55.7 Å². The van der Waals surface area contributed by atoms with Crippen molar-refractivity contribution in [2.75, 3.05) is 58.1 Å². The predicted molar refractivity (Wildman–Crippen MR) is 241 cm³/mol. The van der Waals surface area contributed by atoms with Gasteiger partial charge in [0.25, 0.3) is 11.8 Å². The number of methoxy groups -OCH3 is 1. The zero-order chi connectivity index (χ0) is 45.8. The number of amides is 2. The molecule has 0 aliphatic carbocycles. The van der Waals surface area contributed by atoms with E-state index in [0.717, 1.165) is 44.9 Å². The normalized spacial score (nSPS) is 18.1. The van der Waals surface area contributed by atoms with Crippen LogP contribution in [-0.2, 0) is 49.0 Å². The Morgan fingerprint density at radius 1 is 0.891 bits per heavy atom. The standard InChI is InChI=1S/C49H57N3O11S/c1-33-32-48(2,3)51(21-22-60-25-26-61-24-23-59-6)41-31-43-38(30-37(33)41)35(27-42(62-43)34-13-9-7-10-14-34)28-44-49(4,5)39-29-36(64(56,57)58)16-17-40(39)50(44)20-12-8-11-15-47(55)63-52-45(53)18-19-46(52)54/h7,9-10,13-14,16-17,27-32H,8,11-12,15,18-26H2,1-6H3. The van der Waals surface area contributed by atoms with Crippen LogP contribution >= 0.6 is 0 Å². The molecule has 0 unspecified atom stereocenters. The highest BCUT2D eigenvalue weighted by Gasteiger charge is 2.45. The van der Waals surface area contributed by atoms with Crippen LogP contribution in [0.1, 0.15) is 95.4 Å². The largest absolute Gasteiger partial charge is 0.744 e. The summed E-state index contributed by atoms with van der Waals surface area (Å²) in [6.45, 7) is 14.2. The molecule has 4 aliphatic rings. The minimum absolute atomic E-state index is 0.0260. The van der Waals surface area contributed by atoms with Crippen molar-refractivity contribution in [3.05, 3.63) is 101 Å². The molecule has 3 aromatic carbocycles. The number of rotatable bonds is 19. The Hall–Kier alpha value is -5.45. The predicted octanol–water partition coefficient (Wildman–Crippen LogP) is 7.33. The van der Waals surface area contributed by atoms with Crippen LogP contribution in [-0.4, -0.2) is 105 Å². The Morgan fingerprint density at radius 2 is 1.59 bits per heavy atom. The summed E-state index contributed by atoms with van der Waals surface area (Å²) >= 11 is 0. The molecule has 0 N–H and O–H groups in total. The molecule has 3 aromatic rings. The van der Waals surface area contributed by atoms with E-state index >= 15 is 0 Å². The minimum atomic E-state index is -4.74. The SMILES string of the molecule is COCCOCCOCCN1c2cc3c(cc2C(C)=CC1(C)C)/C(=C/C1=[N+](CCCCCC(=O)ON2C(=O)CCC2=O)c2ccc(S(=O)(=O)[O-])cc2C1(C)C)C=C(c1ccccc1)O3. The number of carbonyl (C=O) groups excluding carboxylic acids is 3. The highest BCUT2D eigenvalue weighted by atomic mass is 32.2. The third-order valence-electron chi connectivity index (χ3n) is 12.1. The average molecular weight is 896 g/mol. The van der Waals surface area contributed by atoms with Crippen LogP contribution in [0.5, 0.6) is 5.75 Å². The maximum Gasteiger partial charge on any atom is 0.333 e. The van der Waals surface area contributed by atoms with E-state index in [0.29, 0.717) is 87.5 Å². The molecule has 0 aromatic heterocycles. The van der Waals surface area contributed by atoms with Crippen molar-refractivity contribution in [2.24, 2.45) is 0 Å². The van der Waals surface area contributed by atoms with Crippen LogP contribution in [0.15, 0.2) is 83.8 Å². The van der Waals surface area contributed by atoms with Gasteiger partial charge in [0, 0.05) is 85.5 Å². The van der Waals surface area contributed by atoms with Gasteiger partial charge in [0.2, 0.25) is 5.69 Å². The summed E-state index contributed by atoms with van der Waals surface area (Å²) in [5, 5.41) is 0.563. The number of unbranched alkanes of at least 4 members (excludes halogenated alkanes) is 2. The van der Waals surface area contributed by atoms with Crippen LogP contribution in [0.2, 0.25) is 0 Å². The van der Waals surface area contributed by atoms with E-state index in [1.807, 2.05) is 50.3 Å². The van der Waals surface area contributed by atoms with E-state index in [1.165, 1.54) is 12.1 Å². The van der Waals surface area contributed by atoms with E-state index in [1.54, 1.807) is 13.2 Å². The lowest BCUT2D eigenvalue weighted by molar-refractivity contribution is -0.438. The van der Waals surface area contributed by atoms with Gasteiger partial charge < -0.3 is 33.2 Å². The molecule has 7 rings (SSSR count). The quantitative estimate of drug-likeness (QED) is 0.0510. The van der Waals surface area contributed by atoms with Gasteiger partial charge in [0.15, 0.2) is 5.71 Å². The summed E-state index contributed by atoms with van der Waals surface area (Å²) in [5.74, 6) is -0.350. The zero-order valence-electron chi connectivity index (χ0n) is 37.4. The number of ether oxygens (including phenoxy) is 4. The Bertz CT molecular complexity index is 2520. The van der Waals surface area contributed by atoms with E-state index in [4.69, 9.17) is 23.8 Å². The Morgan fingerprint density at radius 3 is 2.30 bits per heavy atom. The average Bonchev–Trinajstić information content (AvgIpc) is 3.67. The summed E-state index contributed by atoms with van der Waals surface area (Å²) in [6.07, 6.45) is 8.23. The third-order valence-corrected chi connectivity index (χ3v) is 13.0. The van der Waals surface area contributed by atoms with Crippen molar-refractivity contribution in [3.8, 4) is 5.75 Å². The molecule has 14 nitrogen and oxygen atoms in total. The first-order valence-electron chi connectivity index (χ1n) is 21.8. The molecule has 0 spiro atoms. The van der Waals surface area contributed by atoms with Crippen LogP contribution in [0.3, 0.4) is 0 Å².